The van der Waals surface area contributed by atoms with Crippen molar-refractivity contribution < 1.29 is 28.6 Å². The molecule has 1 aliphatic rings. The maximum atomic E-state index is 13.0. The fourth-order valence-electron chi connectivity index (χ4n) is 2.83. The molecule has 1 unspecified atom stereocenters. The Balaban J connectivity index is 2.59. The predicted molar refractivity (Wildman–Crippen MR) is 118 cm³/mol. The first-order chi connectivity index (χ1) is 14.3. The lowest BCUT2D eigenvalue weighted by Gasteiger charge is -2.32. The summed E-state index contributed by atoms with van der Waals surface area (Å²) in [6, 6.07) is 6.13. The van der Waals surface area contributed by atoms with Crippen LogP contribution < -0.4 is 0 Å². The molecule has 2 rings (SSSR count). The van der Waals surface area contributed by atoms with Crippen LogP contribution in [-0.4, -0.2) is 46.0 Å². The lowest BCUT2D eigenvalue weighted by molar-refractivity contribution is -0.150. The van der Waals surface area contributed by atoms with E-state index in [2.05, 4.69) is 15.9 Å². The van der Waals surface area contributed by atoms with E-state index < -0.39 is 42.0 Å². The molecule has 1 aliphatic heterocycles. The summed E-state index contributed by atoms with van der Waals surface area (Å²) in [4.78, 5) is 38.8. The molecule has 0 radical (unpaired) electrons. The van der Waals surface area contributed by atoms with Crippen molar-refractivity contribution >= 4 is 34.1 Å². The van der Waals surface area contributed by atoms with Gasteiger partial charge in [-0.25, -0.2) is 14.4 Å². The Bertz CT molecular complexity index is 858. The second-order valence-electron chi connectivity index (χ2n) is 8.59. The largest absolute Gasteiger partial charge is 0.456 e. The van der Waals surface area contributed by atoms with Gasteiger partial charge >= 0.3 is 18.2 Å². The van der Waals surface area contributed by atoms with Gasteiger partial charge in [0.25, 0.3) is 0 Å². The third kappa shape index (κ3) is 6.46. The summed E-state index contributed by atoms with van der Waals surface area (Å²) in [5, 5.41) is 2.05. The number of benzene rings is 1. The van der Waals surface area contributed by atoms with E-state index in [0.717, 1.165) is 14.5 Å². The van der Waals surface area contributed by atoms with Crippen molar-refractivity contribution in [3.05, 3.63) is 46.1 Å². The minimum atomic E-state index is -0.936. The number of amides is 2. The Morgan fingerprint density at radius 3 is 1.94 bits per heavy atom. The molecule has 0 bridgehead atoms. The Morgan fingerprint density at radius 1 is 0.935 bits per heavy atom. The number of ether oxygens (including phenoxy) is 3. The Morgan fingerprint density at radius 2 is 1.45 bits per heavy atom. The summed E-state index contributed by atoms with van der Waals surface area (Å²) in [7, 11) is 0. The number of hydrazine groups is 1. The van der Waals surface area contributed by atoms with Crippen LogP contribution in [0.4, 0.5) is 9.59 Å². The molecule has 1 heterocycles. The zero-order valence-corrected chi connectivity index (χ0v) is 20.4. The van der Waals surface area contributed by atoms with Gasteiger partial charge in [0, 0.05) is 10.7 Å². The third-order valence-corrected chi connectivity index (χ3v) is 4.43. The molecule has 31 heavy (non-hydrogen) atoms. The van der Waals surface area contributed by atoms with Crippen LogP contribution >= 0.6 is 15.9 Å². The molecule has 170 valence electrons. The van der Waals surface area contributed by atoms with Gasteiger partial charge in [-0.2, -0.15) is 10.0 Å². The standard InChI is InChI=1S/C22H29BrN2O6/c1-13(2)29-20(27)24-12-17(19(26)31-22(5,6)7)18(15-8-10-16(23)11-9-15)25(24)21(28)30-14(3)4/h8-14,18H,1-7H3. The number of carbonyl (C=O) groups excluding carboxylic acids is 3. The maximum absolute atomic E-state index is 13.0. The third-order valence-electron chi connectivity index (χ3n) is 3.90. The molecular weight excluding hydrogens is 468 g/mol. The zero-order chi connectivity index (χ0) is 23.5. The number of hydrogen-bond donors (Lipinski definition) is 0. The SMILES string of the molecule is CC(C)OC(=O)N1C=C(C(=O)OC(C)(C)C)C(c2ccc(Br)cc2)N1C(=O)OC(C)C. The van der Waals surface area contributed by atoms with Gasteiger partial charge in [-0.05, 0) is 66.2 Å². The number of hydrogen-bond acceptors (Lipinski definition) is 6. The summed E-state index contributed by atoms with van der Waals surface area (Å²) in [5.74, 6) is -0.650. The number of esters is 1. The molecule has 1 atom stereocenters. The highest BCUT2D eigenvalue weighted by Gasteiger charge is 2.46. The van der Waals surface area contributed by atoms with Crippen LogP contribution in [0.25, 0.3) is 0 Å². The first-order valence-corrected chi connectivity index (χ1v) is 10.8. The van der Waals surface area contributed by atoms with E-state index in [1.807, 2.05) is 0 Å². The minimum absolute atomic E-state index is 0.110. The molecule has 9 heteroatoms. The average Bonchev–Trinajstić information content (AvgIpc) is 3.00. The molecule has 0 saturated heterocycles. The quantitative estimate of drug-likeness (QED) is 0.413. The first-order valence-electron chi connectivity index (χ1n) is 10.00. The monoisotopic (exact) mass is 496 g/mol. The zero-order valence-electron chi connectivity index (χ0n) is 18.8. The van der Waals surface area contributed by atoms with Gasteiger partial charge in [0.15, 0.2) is 0 Å². The molecular formula is C22H29BrN2O6. The van der Waals surface area contributed by atoms with Crippen molar-refractivity contribution in [2.45, 2.75) is 72.3 Å². The fourth-order valence-corrected chi connectivity index (χ4v) is 3.10. The Kier molecular flexibility index (Phi) is 7.75. The second kappa shape index (κ2) is 9.72. The van der Waals surface area contributed by atoms with E-state index in [0.29, 0.717) is 5.56 Å². The van der Waals surface area contributed by atoms with Crippen molar-refractivity contribution in [2.24, 2.45) is 0 Å². The highest BCUT2D eigenvalue weighted by atomic mass is 79.9. The lowest BCUT2D eigenvalue weighted by Crippen LogP contribution is -2.47. The van der Waals surface area contributed by atoms with Crippen molar-refractivity contribution in [1.29, 1.82) is 0 Å². The molecule has 0 spiro atoms. The van der Waals surface area contributed by atoms with Crippen LogP contribution in [0.3, 0.4) is 0 Å². The maximum Gasteiger partial charge on any atom is 0.433 e. The first kappa shape index (κ1) is 24.7. The van der Waals surface area contributed by atoms with Gasteiger partial charge in [-0.3, -0.25) is 0 Å². The van der Waals surface area contributed by atoms with E-state index in [-0.39, 0.29) is 5.57 Å². The van der Waals surface area contributed by atoms with Crippen LogP contribution in [-0.2, 0) is 19.0 Å². The number of nitrogens with zero attached hydrogens (tertiary/aromatic N) is 2. The number of carbonyl (C=O) groups is 3. The molecule has 0 saturated carbocycles. The molecule has 8 nitrogen and oxygen atoms in total. The summed E-state index contributed by atoms with van der Waals surface area (Å²) in [6.07, 6.45) is -1.20. The van der Waals surface area contributed by atoms with Crippen LogP contribution in [0.2, 0.25) is 0 Å². The molecule has 0 N–H and O–H groups in total. The highest BCUT2D eigenvalue weighted by molar-refractivity contribution is 9.10. The van der Waals surface area contributed by atoms with Gasteiger partial charge in [-0.1, -0.05) is 28.1 Å². The van der Waals surface area contributed by atoms with Gasteiger partial charge in [0.2, 0.25) is 0 Å². The van der Waals surface area contributed by atoms with E-state index in [4.69, 9.17) is 14.2 Å². The van der Waals surface area contributed by atoms with Crippen molar-refractivity contribution in [3.8, 4) is 0 Å². The number of rotatable bonds is 4. The molecule has 0 aromatic heterocycles. The number of halogens is 1. The van der Waals surface area contributed by atoms with Crippen molar-refractivity contribution in [2.75, 3.05) is 0 Å². The lowest BCUT2D eigenvalue weighted by atomic mass is 10.00. The van der Waals surface area contributed by atoms with E-state index in [1.165, 1.54) is 6.20 Å². The summed E-state index contributed by atoms with van der Waals surface area (Å²) < 4.78 is 17.0. The summed E-state index contributed by atoms with van der Waals surface area (Å²) >= 11 is 3.38. The second-order valence-corrected chi connectivity index (χ2v) is 9.51. The Hall–Kier alpha value is -2.55. The fraction of sp³-hybridized carbons (Fsp3) is 0.500. The molecule has 0 aliphatic carbocycles. The Labute approximate surface area is 191 Å². The minimum Gasteiger partial charge on any atom is -0.456 e. The molecule has 1 aromatic carbocycles. The predicted octanol–water partition coefficient (Wildman–Crippen LogP) is 5.34. The van der Waals surface area contributed by atoms with E-state index in [1.54, 1.807) is 72.7 Å². The smallest absolute Gasteiger partial charge is 0.433 e. The normalized spacial score (nSPS) is 16.5. The van der Waals surface area contributed by atoms with Gasteiger partial charge in [-0.15, -0.1) is 0 Å². The van der Waals surface area contributed by atoms with Crippen molar-refractivity contribution in [3.63, 3.8) is 0 Å². The average molecular weight is 497 g/mol. The van der Waals surface area contributed by atoms with Crippen LogP contribution in [0.1, 0.15) is 60.1 Å². The van der Waals surface area contributed by atoms with Gasteiger partial charge in [0.05, 0.1) is 17.8 Å². The van der Waals surface area contributed by atoms with Crippen LogP contribution in [0.15, 0.2) is 40.5 Å². The summed E-state index contributed by atoms with van der Waals surface area (Å²) in [5.41, 5.74) is -0.0587. The summed E-state index contributed by atoms with van der Waals surface area (Å²) in [6.45, 7) is 12.0. The topological polar surface area (TPSA) is 85.4 Å². The van der Waals surface area contributed by atoms with Gasteiger partial charge < -0.3 is 14.2 Å². The molecule has 0 fully saturated rings. The molecule has 2 amide bonds. The van der Waals surface area contributed by atoms with Crippen molar-refractivity contribution in [1.82, 2.24) is 10.0 Å². The van der Waals surface area contributed by atoms with Crippen LogP contribution in [0, 0.1) is 0 Å². The molecule has 1 aromatic rings. The van der Waals surface area contributed by atoms with E-state index in [9.17, 15) is 14.4 Å². The van der Waals surface area contributed by atoms with E-state index >= 15 is 0 Å². The van der Waals surface area contributed by atoms with Gasteiger partial charge in [0.1, 0.15) is 11.6 Å². The highest BCUT2D eigenvalue weighted by Crippen LogP contribution is 2.39. The van der Waals surface area contributed by atoms with Crippen LogP contribution in [0.5, 0.6) is 0 Å².